The number of nitrogens with one attached hydrogen (secondary N) is 2. The molecular formula is C31H42N4O2S. The van der Waals surface area contributed by atoms with Crippen molar-refractivity contribution >= 4 is 23.2 Å². The summed E-state index contributed by atoms with van der Waals surface area (Å²) in [6.45, 7) is 6.04. The van der Waals surface area contributed by atoms with Crippen LogP contribution >= 0.6 is 11.3 Å². The maximum Gasteiger partial charge on any atom is 0.228 e. The second-order valence-corrected chi connectivity index (χ2v) is 13.4. The van der Waals surface area contributed by atoms with Crippen molar-refractivity contribution in [2.75, 3.05) is 19.6 Å². The molecule has 1 saturated carbocycles. The van der Waals surface area contributed by atoms with Gasteiger partial charge in [-0.2, -0.15) is 0 Å². The largest absolute Gasteiger partial charge is 0.348 e. The molecule has 2 saturated heterocycles. The second kappa shape index (κ2) is 10.7. The summed E-state index contributed by atoms with van der Waals surface area (Å²) in [5.41, 5.74) is 2.21. The SMILES string of the molecule is CC(=O)NC1CC[C@]2(CNC[C@H]2C(=O)N2CC[C@@H](c3ccccc3)C[C@H]2C2CCCCC2)c2sc(C)nc21. The van der Waals surface area contributed by atoms with Crippen LogP contribution in [-0.4, -0.2) is 47.4 Å². The van der Waals surface area contributed by atoms with Gasteiger partial charge in [0.25, 0.3) is 0 Å². The maximum absolute atomic E-state index is 14.6. The Bertz CT molecular complexity index is 1160. The van der Waals surface area contributed by atoms with Crippen LogP contribution in [0, 0.1) is 18.8 Å². The van der Waals surface area contributed by atoms with Crippen LogP contribution in [0.15, 0.2) is 30.3 Å². The van der Waals surface area contributed by atoms with E-state index < -0.39 is 0 Å². The summed E-state index contributed by atoms with van der Waals surface area (Å²) in [5, 5.41) is 7.78. The highest BCUT2D eigenvalue weighted by molar-refractivity contribution is 7.11. The lowest BCUT2D eigenvalue weighted by atomic mass is 9.67. The van der Waals surface area contributed by atoms with Crippen LogP contribution in [0.1, 0.15) is 97.8 Å². The first-order chi connectivity index (χ1) is 18.5. The predicted octanol–water partition coefficient (Wildman–Crippen LogP) is 5.23. The van der Waals surface area contributed by atoms with Gasteiger partial charge in [0.15, 0.2) is 0 Å². The molecule has 1 aromatic heterocycles. The van der Waals surface area contributed by atoms with Crippen LogP contribution in [0.5, 0.6) is 0 Å². The summed E-state index contributed by atoms with van der Waals surface area (Å²) >= 11 is 1.74. The molecule has 3 heterocycles. The molecule has 2 aliphatic carbocycles. The highest BCUT2D eigenvalue weighted by atomic mass is 32.1. The van der Waals surface area contributed by atoms with Crippen LogP contribution in [0.4, 0.5) is 0 Å². The van der Waals surface area contributed by atoms with Gasteiger partial charge in [-0.1, -0.05) is 49.6 Å². The number of aromatic nitrogens is 1. The predicted molar refractivity (Wildman–Crippen MR) is 151 cm³/mol. The van der Waals surface area contributed by atoms with E-state index >= 15 is 0 Å². The van der Waals surface area contributed by atoms with Crippen molar-refractivity contribution < 1.29 is 9.59 Å². The maximum atomic E-state index is 14.6. The summed E-state index contributed by atoms with van der Waals surface area (Å²) in [5.74, 6) is 1.41. The third-order valence-electron chi connectivity index (χ3n) is 9.95. The first-order valence-corrected chi connectivity index (χ1v) is 15.6. The van der Waals surface area contributed by atoms with Gasteiger partial charge in [-0.05, 0) is 62.8 Å². The number of benzene rings is 1. The molecule has 1 aromatic carbocycles. The molecule has 4 aliphatic rings. The Kier molecular flexibility index (Phi) is 7.34. The van der Waals surface area contributed by atoms with Gasteiger partial charge in [-0.25, -0.2) is 4.98 Å². The van der Waals surface area contributed by atoms with E-state index in [-0.39, 0.29) is 23.3 Å². The molecule has 1 unspecified atom stereocenters. The van der Waals surface area contributed by atoms with E-state index in [9.17, 15) is 9.59 Å². The molecule has 6 rings (SSSR count). The lowest BCUT2D eigenvalue weighted by Crippen LogP contribution is -2.55. The molecule has 2 aromatic rings. The fourth-order valence-electron chi connectivity index (χ4n) is 8.12. The Balaban J connectivity index is 1.30. The molecule has 7 heteroatoms. The van der Waals surface area contributed by atoms with E-state index in [0.717, 1.165) is 56.0 Å². The summed E-state index contributed by atoms with van der Waals surface area (Å²) in [6, 6.07) is 11.2. The summed E-state index contributed by atoms with van der Waals surface area (Å²) in [7, 11) is 0. The van der Waals surface area contributed by atoms with Crippen molar-refractivity contribution in [3.8, 4) is 0 Å². The average molecular weight is 535 g/mol. The fourth-order valence-corrected chi connectivity index (χ4v) is 9.37. The van der Waals surface area contributed by atoms with E-state index in [1.54, 1.807) is 18.3 Å². The van der Waals surface area contributed by atoms with Crippen LogP contribution < -0.4 is 10.6 Å². The molecular weight excluding hydrogens is 492 g/mol. The Morgan fingerprint density at radius 2 is 1.89 bits per heavy atom. The smallest absolute Gasteiger partial charge is 0.228 e. The Morgan fingerprint density at radius 3 is 2.66 bits per heavy atom. The summed E-state index contributed by atoms with van der Waals surface area (Å²) in [4.78, 5) is 35.0. The zero-order chi connectivity index (χ0) is 26.3. The van der Waals surface area contributed by atoms with E-state index in [2.05, 4.69) is 45.9 Å². The molecule has 2 amide bonds. The van der Waals surface area contributed by atoms with E-state index in [1.165, 1.54) is 42.5 Å². The number of likely N-dealkylation sites (tertiary alicyclic amines) is 1. The zero-order valence-electron chi connectivity index (χ0n) is 22.9. The summed E-state index contributed by atoms with van der Waals surface area (Å²) in [6.07, 6.45) is 10.3. The van der Waals surface area contributed by atoms with Gasteiger partial charge in [-0.3, -0.25) is 9.59 Å². The molecule has 1 spiro atoms. The van der Waals surface area contributed by atoms with Crippen LogP contribution in [0.2, 0.25) is 0 Å². The van der Waals surface area contributed by atoms with Crippen molar-refractivity contribution in [1.82, 2.24) is 20.5 Å². The second-order valence-electron chi connectivity index (χ2n) is 12.2. The normalized spacial score (nSPS) is 31.8. The van der Waals surface area contributed by atoms with Gasteiger partial charge in [0, 0.05) is 42.9 Å². The number of hydrogen-bond acceptors (Lipinski definition) is 5. The van der Waals surface area contributed by atoms with Gasteiger partial charge >= 0.3 is 0 Å². The molecule has 5 atom stereocenters. The van der Waals surface area contributed by atoms with Crippen molar-refractivity contribution in [2.45, 2.75) is 95.1 Å². The lowest BCUT2D eigenvalue weighted by molar-refractivity contribution is -0.143. The Hall–Kier alpha value is -2.25. The van der Waals surface area contributed by atoms with E-state index in [4.69, 9.17) is 4.98 Å². The third kappa shape index (κ3) is 4.70. The number of nitrogens with zero attached hydrogens (tertiary/aromatic N) is 2. The van der Waals surface area contributed by atoms with Crippen LogP contribution in [-0.2, 0) is 15.0 Å². The van der Waals surface area contributed by atoms with Crippen molar-refractivity contribution in [1.29, 1.82) is 0 Å². The number of amides is 2. The van der Waals surface area contributed by atoms with Crippen LogP contribution in [0.25, 0.3) is 0 Å². The van der Waals surface area contributed by atoms with Gasteiger partial charge in [-0.15, -0.1) is 11.3 Å². The van der Waals surface area contributed by atoms with Crippen molar-refractivity contribution in [3.05, 3.63) is 51.5 Å². The number of hydrogen-bond donors (Lipinski definition) is 2. The number of carbonyl (C=O) groups is 2. The fraction of sp³-hybridized carbons (Fsp3) is 0.645. The number of aryl methyl sites for hydroxylation is 1. The molecule has 38 heavy (non-hydrogen) atoms. The number of carbonyl (C=O) groups excluding carboxylic acids is 2. The van der Waals surface area contributed by atoms with Gasteiger partial charge in [0.05, 0.1) is 22.7 Å². The quantitative estimate of drug-likeness (QED) is 0.563. The number of thiazole rings is 1. The molecule has 3 fully saturated rings. The molecule has 6 nitrogen and oxygen atoms in total. The first-order valence-electron chi connectivity index (χ1n) is 14.8. The minimum Gasteiger partial charge on any atom is -0.348 e. The van der Waals surface area contributed by atoms with E-state index in [1.807, 2.05) is 6.92 Å². The lowest BCUT2D eigenvalue weighted by Gasteiger charge is -2.48. The first kappa shape index (κ1) is 26.0. The topological polar surface area (TPSA) is 74.3 Å². The molecule has 2 aliphatic heterocycles. The monoisotopic (exact) mass is 534 g/mol. The zero-order valence-corrected chi connectivity index (χ0v) is 23.7. The standard InChI is InChI=1S/C31H42N4O2S/c1-20(36)33-26-13-15-31(29-28(26)34-21(2)38-29)19-32-18-25(31)30(37)35-16-14-24(22-9-5-3-6-10-22)17-27(35)23-11-7-4-8-12-23/h3,5-6,9-10,23-27,32H,4,7-8,11-19H2,1-2H3,(H,33,36)/t24-,25+,26?,27+,31-/m1/s1. The Labute approximate surface area is 231 Å². The van der Waals surface area contributed by atoms with Gasteiger partial charge in [0.1, 0.15) is 0 Å². The highest BCUT2D eigenvalue weighted by Crippen LogP contribution is 2.51. The molecule has 0 bridgehead atoms. The number of rotatable bonds is 4. The van der Waals surface area contributed by atoms with Crippen molar-refractivity contribution in [2.24, 2.45) is 11.8 Å². The van der Waals surface area contributed by atoms with E-state index in [0.29, 0.717) is 23.8 Å². The van der Waals surface area contributed by atoms with Gasteiger partial charge < -0.3 is 15.5 Å². The number of fused-ring (bicyclic) bond motifs is 2. The minimum atomic E-state index is -0.222. The minimum absolute atomic E-state index is 0.0173. The van der Waals surface area contributed by atoms with Crippen LogP contribution in [0.3, 0.4) is 0 Å². The Morgan fingerprint density at radius 1 is 1.11 bits per heavy atom. The molecule has 0 radical (unpaired) electrons. The molecule has 204 valence electrons. The van der Waals surface area contributed by atoms with Crippen molar-refractivity contribution in [3.63, 3.8) is 0 Å². The molecule has 2 N–H and O–H groups in total. The third-order valence-corrected chi connectivity index (χ3v) is 11.2. The number of piperidine rings is 1. The summed E-state index contributed by atoms with van der Waals surface area (Å²) < 4.78 is 0. The highest BCUT2D eigenvalue weighted by Gasteiger charge is 2.55. The van der Waals surface area contributed by atoms with Gasteiger partial charge in [0.2, 0.25) is 11.8 Å². The average Bonchev–Trinajstić information content (AvgIpc) is 3.55.